The zero-order chi connectivity index (χ0) is 18.5. The van der Waals surface area contributed by atoms with Crippen LogP contribution in [0.3, 0.4) is 0 Å². The SMILES string of the molecule is O=C(Nc1ccc(N2C(=O)[C@@H]3[C@@H](C2=O)[C@H]2C=C[C@H]3C2)cc1)Nc1nncs1. The Balaban J connectivity index is 1.30. The number of urea groups is 1. The number of fused-ring (bicyclic) bond motifs is 5. The maximum absolute atomic E-state index is 12.8. The van der Waals surface area contributed by atoms with Crippen molar-refractivity contribution in [1.29, 1.82) is 0 Å². The first-order valence-corrected chi connectivity index (χ1v) is 9.50. The van der Waals surface area contributed by atoms with Crippen LogP contribution in [0, 0.1) is 23.7 Å². The van der Waals surface area contributed by atoms with E-state index < -0.39 is 6.03 Å². The van der Waals surface area contributed by atoms with E-state index in [-0.39, 0.29) is 35.5 Å². The number of nitrogens with one attached hydrogen (secondary N) is 2. The predicted molar refractivity (Wildman–Crippen MR) is 99.2 cm³/mol. The number of rotatable bonds is 3. The van der Waals surface area contributed by atoms with E-state index in [2.05, 4.69) is 33.0 Å². The minimum atomic E-state index is -0.440. The molecule has 27 heavy (non-hydrogen) atoms. The van der Waals surface area contributed by atoms with Crippen molar-refractivity contribution in [3.63, 3.8) is 0 Å². The van der Waals surface area contributed by atoms with Crippen LogP contribution in [0.15, 0.2) is 41.9 Å². The number of aromatic nitrogens is 2. The summed E-state index contributed by atoms with van der Waals surface area (Å²) in [5, 5.41) is 13.0. The quantitative estimate of drug-likeness (QED) is 0.628. The number of nitrogens with zero attached hydrogens (tertiary/aromatic N) is 3. The summed E-state index contributed by atoms with van der Waals surface area (Å²) in [6.45, 7) is 0. The Morgan fingerprint density at radius 3 is 2.30 bits per heavy atom. The zero-order valence-corrected chi connectivity index (χ0v) is 14.8. The van der Waals surface area contributed by atoms with Gasteiger partial charge in [0.1, 0.15) is 5.51 Å². The molecule has 136 valence electrons. The van der Waals surface area contributed by atoms with E-state index >= 15 is 0 Å². The molecule has 0 spiro atoms. The van der Waals surface area contributed by atoms with Crippen LogP contribution in [0.4, 0.5) is 21.3 Å². The molecular formula is C18H15N5O3S. The molecule has 2 aliphatic carbocycles. The number of amides is 4. The van der Waals surface area contributed by atoms with E-state index in [0.717, 1.165) is 6.42 Å². The van der Waals surface area contributed by atoms with Gasteiger partial charge in [-0.1, -0.05) is 23.5 Å². The first kappa shape index (κ1) is 16.1. The first-order valence-electron chi connectivity index (χ1n) is 8.62. The number of imide groups is 1. The van der Waals surface area contributed by atoms with Gasteiger partial charge in [-0.25, -0.2) is 4.79 Å². The summed E-state index contributed by atoms with van der Waals surface area (Å²) in [4.78, 5) is 38.8. The van der Waals surface area contributed by atoms with Gasteiger partial charge >= 0.3 is 6.03 Å². The minimum absolute atomic E-state index is 0.114. The average molecular weight is 381 g/mol. The highest BCUT2D eigenvalue weighted by Crippen LogP contribution is 2.53. The molecule has 5 rings (SSSR count). The minimum Gasteiger partial charge on any atom is -0.308 e. The summed E-state index contributed by atoms with van der Waals surface area (Å²) < 4.78 is 0. The standard InChI is InChI=1S/C18H15N5O3S/c24-15-13-9-1-2-10(7-9)14(13)16(25)23(15)12-5-3-11(4-6-12)20-17(26)21-18-22-19-8-27-18/h1-6,8-10,13-14H,7H2,(H2,20,21,22,26)/t9-,10-,13-,14-/m0/s1. The van der Waals surface area contributed by atoms with Crippen molar-refractivity contribution in [2.45, 2.75) is 6.42 Å². The lowest BCUT2D eigenvalue weighted by molar-refractivity contribution is -0.123. The van der Waals surface area contributed by atoms with Crippen LogP contribution in [0.2, 0.25) is 0 Å². The molecule has 4 amide bonds. The van der Waals surface area contributed by atoms with Crippen molar-refractivity contribution >= 4 is 45.7 Å². The molecule has 1 saturated carbocycles. The maximum atomic E-state index is 12.8. The van der Waals surface area contributed by atoms with Gasteiger partial charge in [0.05, 0.1) is 17.5 Å². The average Bonchev–Trinajstić information content (AvgIpc) is 3.42. The van der Waals surface area contributed by atoms with Gasteiger partial charge in [-0.15, -0.1) is 10.2 Å². The first-order chi connectivity index (χ1) is 13.1. The second kappa shape index (κ2) is 5.98. The van der Waals surface area contributed by atoms with E-state index in [1.54, 1.807) is 24.3 Å². The molecule has 9 heteroatoms. The van der Waals surface area contributed by atoms with Crippen LogP contribution in [-0.2, 0) is 9.59 Å². The summed E-state index contributed by atoms with van der Waals surface area (Å²) in [6, 6.07) is 6.23. The van der Waals surface area contributed by atoms with Crippen molar-refractivity contribution in [3.05, 3.63) is 41.9 Å². The smallest absolute Gasteiger partial charge is 0.308 e. The van der Waals surface area contributed by atoms with E-state index in [4.69, 9.17) is 0 Å². The lowest BCUT2D eigenvalue weighted by Gasteiger charge is -2.17. The number of anilines is 3. The molecule has 1 aliphatic heterocycles. The summed E-state index contributed by atoms with van der Waals surface area (Å²) in [5.41, 5.74) is 2.60. The molecule has 1 aromatic heterocycles. The molecule has 1 aromatic carbocycles. The van der Waals surface area contributed by atoms with E-state index in [1.165, 1.54) is 21.7 Å². The number of hydrogen-bond acceptors (Lipinski definition) is 6. The van der Waals surface area contributed by atoms with Crippen LogP contribution in [0.1, 0.15) is 6.42 Å². The summed E-state index contributed by atoms with van der Waals surface area (Å²) in [5.74, 6) is -0.294. The fourth-order valence-electron chi connectivity index (χ4n) is 4.34. The van der Waals surface area contributed by atoms with Gasteiger partial charge in [0.15, 0.2) is 0 Å². The van der Waals surface area contributed by atoms with Crippen LogP contribution >= 0.6 is 11.3 Å². The van der Waals surface area contributed by atoms with Crippen molar-refractivity contribution in [3.8, 4) is 0 Å². The number of carbonyl (C=O) groups is 3. The second-order valence-electron chi connectivity index (χ2n) is 6.88. The second-order valence-corrected chi connectivity index (χ2v) is 7.71. The van der Waals surface area contributed by atoms with Gasteiger partial charge in [-0.3, -0.25) is 19.8 Å². The molecule has 0 unspecified atom stereocenters. The largest absolute Gasteiger partial charge is 0.325 e. The summed E-state index contributed by atoms with van der Waals surface area (Å²) in [6.07, 6.45) is 5.06. The highest BCUT2D eigenvalue weighted by Gasteiger charge is 2.59. The van der Waals surface area contributed by atoms with Crippen molar-refractivity contribution in [1.82, 2.24) is 10.2 Å². The van der Waals surface area contributed by atoms with E-state index in [0.29, 0.717) is 16.5 Å². The normalized spacial score (nSPS) is 27.9. The number of carbonyl (C=O) groups excluding carboxylic acids is 3. The molecule has 2 heterocycles. The number of benzene rings is 1. The summed E-state index contributed by atoms with van der Waals surface area (Å²) >= 11 is 1.21. The van der Waals surface area contributed by atoms with Gasteiger partial charge in [-0.2, -0.15) is 0 Å². The monoisotopic (exact) mass is 381 g/mol. The zero-order valence-electron chi connectivity index (χ0n) is 14.0. The van der Waals surface area contributed by atoms with Crippen LogP contribution in [0.25, 0.3) is 0 Å². The van der Waals surface area contributed by atoms with Crippen LogP contribution in [-0.4, -0.2) is 28.0 Å². The lowest BCUT2D eigenvalue weighted by Crippen LogP contribution is -2.32. The third-order valence-electron chi connectivity index (χ3n) is 5.43. The third kappa shape index (κ3) is 2.54. The Kier molecular flexibility index (Phi) is 3.57. The van der Waals surface area contributed by atoms with E-state index in [1.807, 2.05) is 0 Å². The third-order valence-corrected chi connectivity index (χ3v) is 6.04. The molecule has 0 radical (unpaired) electrons. The predicted octanol–water partition coefficient (Wildman–Crippen LogP) is 2.49. The highest BCUT2D eigenvalue weighted by atomic mass is 32.1. The number of hydrogen-bond donors (Lipinski definition) is 2. The maximum Gasteiger partial charge on any atom is 0.325 e. The van der Waals surface area contributed by atoms with Crippen molar-refractivity contribution < 1.29 is 14.4 Å². The number of allylic oxidation sites excluding steroid dienone is 2. The molecule has 2 aromatic rings. The molecule has 8 nitrogen and oxygen atoms in total. The fraction of sp³-hybridized carbons (Fsp3) is 0.278. The Hall–Kier alpha value is -3.07. The van der Waals surface area contributed by atoms with Gasteiger partial charge in [0.25, 0.3) is 0 Å². The Bertz CT molecular complexity index is 926. The van der Waals surface area contributed by atoms with Crippen molar-refractivity contribution in [2.24, 2.45) is 23.7 Å². The Morgan fingerprint density at radius 1 is 1.04 bits per heavy atom. The van der Waals surface area contributed by atoms with Crippen LogP contribution in [0.5, 0.6) is 0 Å². The van der Waals surface area contributed by atoms with Gasteiger partial charge in [0.2, 0.25) is 16.9 Å². The molecule has 1 saturated heterocycles. The fourth-order valence-corrected chi connectivity index (χ4v) is 4.78. The van der Waals surface area contributed by atoms with Gasteiger partial charge < -0.3 is 5.32 Å². The molecule has 2 N–H and O–H groups in total. The van der Waals surface area contributed by atoms with Gasteiger partial charge in [0, 0.05) is 5.69 Å². The molecular weight excluding hydrogens is 366 g/mol. The highest BCUT2D eigenvalue weighted by molar-refractivity contribution is 7.13. The molecule has 2 bridgehead atoms. The Morgan fingerprint density at radius 2 is 1.70 bits per heavy atom. The molecule has 3 aliphatic rings. The topological polar surface area (TPSA) is 104 Å². The lowest BCUT2D eigenvalue weighted by atomic mass is 9.85. The van der Waals surface area contributed by atoms with Gasteiger partial charge in [-0.05, 0) is 42.5 Å². The summed E-state index contributed by atoms with van der Waals surface area (Å²) in [7, 11) is 0. The molecule has 2 fully saturated rings. The Labute approximate surface area is 158 Å². The van der Waals surface area contributed by atoms with E-state index in [9.17, 15) is 14.4 Å². The molecule has 4 atom stereocenters. The van der Waals surface area contributed by atoms with Crippen LogP contribution < -0.4 is 15.5 Å². The van der Waals surface area contributed by atoms with Crippen molar-refractivity contribution in [2.75, 3.05) is 15.5 Å².